The lowest BCUT2D eigenvalue weighted by molar-refractivity contribution is -0.286. The minimum Gasteiger partial charge on any atom is -0.395 e. The number of benzene rings is 1. The fraction of sp³-hybridized carbons (Fsp3) is 0.273. The van der Waals surface area contributed by atoms with E-state index >= 15 is 0 Å². The van der Waals surface area contributed by atoms with E-state index < -0.39 is 12.1 Å². The van der Waals surface area contributed by atoms with Crippen LogP contribution in [0.15, 0.2) is 18.2 Å². The van der Waals surface area contributed by atoms with Crippen molar-refractivity contribution in [2.75, 3.05) is 0 Å². The SMILES string of the molecule is CC(=O)CC(=O)c1ccc2c(c1)OC(F)(F)O2. The van der Waals surface area contributed by atoms with Crippen molar-refractivity contribution in [2.45, 2.75) is 19.6 Å². The van der Waals surface area contributed by atoms with Gasteiger partial charge in [0.1, 0.15) is 5.78 Å². The molecule has 17 heavy (non-hydrogen) atoms. The molecule has 0 fully saturated rings. The fourth-order valence-electron chi connectivity index (χ4n) is 1.45. The van der Waals surface area contributed by atoms with E-state index in [9.17, 15) is 18.4 Å². The highest BCUT2D eigenvalue weighted by Crippen LogP contribution is 2.41. The maximum Gasteiger partial charge on any atom is 0.586 e. The maximum absolute atomic E-state index is 12.7. The van der Waals surface area contributed by atoms with E-state index in [0.717, 1.165) is 6.07 Å². The molecule has 6 heteroatoms. The normalized spacial score (nSPS) is 15.7. The summed E-state index contributed by atoms with van der Waals surface area (Å²) in [5.41, 5.74) is 0.139. The first kappa shape index (κ1) is 11.5. The molecule has 1 aromatic rings. The van der Waals surface area contributed by atoms with Crippen LogP contribution in [0.25, 0.3) is 0 Å². The fourth-order valence-corrected chi connectivity index (χ4v) is 1.45. The second-order valence-corrected chi connectivity index (χ2v) is 3.63. The van der Waals surface area contributed by atoms with Crippen molar-refractivity contribution in [3.8, 4) is 11.5 Å². The minimum absolute atomic E-state index is 0.130. The Morgan fingerprint density at radius 3 is 2.53 bits per heavy atom. The van der Waals surface area contributed by atoms with Crippen molar-refractivity contribution < 1.29 is 27.8 Å². The highest BCUT2D eigenvalue weighted by molar-refractivity contribution is 6.07. The molecule has 0 bridgehead atoms. The molecule has 1 aliphatic rings. The second-order valence-electron chi connectivity index (χ2n) is 3.63. The summed E-state index contributed by atoms with van der Waals surface area (Å²) < 4.78 is 33.8. The number of carbonyl (C=O) groups excluding carboxylic acids is 2. The average Bonchev–Trinajstić information content (AvgIpc) is 2.48. The van der Waals surface area contributed by atoms with Crippen LogP contribution in [0.2, 0.25) is 0 Å². The van der Waals surface area contributed by atoms with Gasteiger partial charge in [-0.15, -0.1) is 8.78 Å². The third kappa shape index (κ3) is 2.41. The Morgan fingerprint density at radius 2 is 1.88 bits per heavy atom. The Bertz CT molecular complexity index is 496. The molecule has 0 aromatic heterocycles. The number of halogens is 2. The highest BCUT2D eigenvalue weighted by Gasteiger charge is 2.43. The van der Waals surface area contributed by atoms with Gasteiger partial charge >= 0.3 is 6.29 Å². The summed E-state index contributed by atoms with van der Waals surface area (Å²) in [6.07, 6.45) is -3.97. The quantitative estimate of drug-likeness (QED) is 0.602. The van der Waals surface area contributed by atoms with Crippen molar-refractivity contribution >= 4 is 11.6 Å². The van der Waals surface area contributed by atoms with Crippen LogP contribution in [-0.2, 0) is 4.79 Å². The molecule has 0 aliphatic carbocycles. The third-order valence-corrected chi connectivity index (χ3v) is 2.13. The van der Waals surface area contributed by atoms with Crippen molar-refractivity contribution in [3.05, 3.63) is 23.8 Å². The Hall–Kier alpha value is -1.98. The van der Waals surface area contributed by atoms with E-state index in [0.29, 0.717) is 0 Å². The lowest BCUT2D eigenvalue weighted by atomic mass is 10.1. The lowest BCUT2D eigenvalue weighted by Gasteiger charge is -2.04. The molecule has 0 amide bonds. The molecule has 1 heterocycles. The van der Waals surface area contributed by atoms with Crippen LogP contribution in [0, 0.1) is 0 Å². The standard InChI is InChI=1S/C11H8F2O4/c1-6(14)4-8(15)7-2-3-9-10(5-7)17-11(12,13)16-9/h2-3,5H,4H2,1H3. The largest absolute Gasteiger partial charge is 0.586 e. The zero-order chi connectivity index (χ0) is 12.6. The number of alkyl halides is 2. The average molecular weight is 242 g/mol. The van der Waals surface area contributed by atoms with Gasteiger partial charge in [-0.1, -0.05) is 0 Å². The molecule has 0 saturated carbocycles. The van der Waals surface area contributed by atoms with Gasteiger partial charge in [0.15, 0.2) is 17.3 Å². The van der Waals surface area contributed by atoms with E-state index in [2.05, 4.69) is 9.47 Å². The molecule has 90 valence electrons. The van der Waals surface area contributed by atoms with Gasteiger partial charge in [-0.05, 0) is 25.1 Å². The molecule has 0 N–H and O–H groups in total. The van der Waals surface area contributed by atoms with Crippen molar-refractivity contribution in [2.24, 2.45) is 0 Å². The summed E-state index contributed by atoms with van der Waals surface area (Å²) in [6, 6.07) is 3.67. The summed E-state index contributed by atoms with van der Waals surface area (Å²) in [6.45, 7) is 1.28. The zero-order valence-corrected chi connectivity index (χ0v) is 8.83. The van der Waals surface area contributed by atoms with Crippen LogP contribution in [0.5, 0.6) is 11.5 Å². The topological polar surface area (TPSA) is 52.6 Å². The van der Waals surface area contributed by atoms with Crippen LogP contribution in [0.1, 0.15) is 23.7 Å². The highest BCUT2D eigenvalue weighted by atomic mass is 19.3. The number of ether oxygens (including phenoxy) is 2. The minimum atomic E-state index is -3.70. The molecular weight excluding hydrogens is 234 g/mol. The molecule has 1 aromatic carbocycles. The Kier molecular flexibility index (Phi) is 2.57. The molecule has 4 nitrogen and oxygen atoms in total. The first-order valence-electron chi connectivity index (χ1n) is 4.80. The van der Waals surface area contributed by atoms with Gasteiger partial charge in [-0.3, -0.25) is 9.59 Å². The van der Waals surface area contributed by atoms with Crippen LogP contribution >= 0.6 is 0 Å². The van der Waals surface area contributed by atoms with Gasteiger partial charge in [0, 0.05) is 5.56 Å². The van der Waals surface area contributed by atoms with Gasteiger partial charge in [0.05, 0.1) is 6.42 Å². The third-order valence-electron chi connectivity index (χ3n) is 2.13. The molecule has 2 rings (SSSR count). The van der Waals surface area contributed by atoms with Gasteiger partial charge in [-0.2, -0.15) is 0 Å². The smallest absolute Gasteiger partial charge is 0.395 e. The summed E-state index contributed by atoms with van der Waals surface area (Å²) in [5.74, 6) is -1.07. The number of rotatable bonds is 3. The molecular formula is C11H8F2O4. The number of Topliss-reactive ketones (excluding diaryl/α,β-unsaturated/α-hetero) is 2. The number of ketones is 2. The van der Waals surface area contributed by atoms with Gasteiger partial charge in [-0.25, -0.2) is 0 Å². The first-order valence-corrected chi connectivity index (χ1v) is 4.80. The Morgan fingerprint density at radius 1 is 1.24 bits per heavy atom. The molecule has 0 saturated heterocycles. The maximum atomic E-state index is 12.7. The number of hydrogen-bond acceptors (Lipinski definition) is 4. The van der Waals surface area contributed by atoms with Crippen molar-refractivity contribution in [1.29, 1.82) is 0 Å². The van der Waals surface area contributed by atoms with Crippen LogP contribution in [0.3, 0.4) is 0 Å². The number of hydrogen-bond donors (Lipinski definition) is 0. The number of carbonyl (C=O) groups is 2. The first-order chi connectivity index (χ1) is 7.87. The van der Waals surface area contributed by atoms with E-state index in [4.69, 9.17) is 0 Å². The monoisotopic (exact) mass is 242 g/mol. The second kappa shape index (κ2) is 3.80. The molecule has 1 aliphatic heterocycles. The van der Waals surface area contributed by atoms with E-state index in [1.54, 1.807) is 0 Å². The van der Waals surface area contributed by atoms with Crippen molar-refractivity contribution in [1.82, 2.24) is 0 Å². The summed E-state index contributed by atoms with van der Waals surface area (Å²) in [4.78, 5) is 22.3. The van der Waals surface area contributed by atoms with E-state index in [1.165, 1.54) is 19.1 Å². The molecule has 0 atom stereocenters. The van der Waals surface area contributed by atoms with E-state index in [1.807, 2.05) is 0 Å². The Labute approximate surface area is 95.1 Å². The summed E-state index contributed by atoms with van der Waals surface area (Å²) in [7, 11) is 0. The van der Waals surface area contributed by atoms with E-state index in [-0.39, 0.29) is 29.3 Å². The van der Waals surface area contributed by atoms with Crippen LogP contribution in [0.4, 0.5) is 8.78 Å². The molecule has 0 unspecified atom stereocenters. The van der Waals surface area contributed by atoms with Crippen molar-refractivity contribution in [3.63, 3.8) is 0 Å². The van der Waals surface area contributed by atoms with Gasteiger partial charge < -0.3 is 9.47 Å². The zero-order valence-electron chi connectivity index (χ0n) is 8.83. The Balaban J connectivity index is 2.25. The summed E-state index contributed by atoms with van der Waals surface area (Å²) in [5, 5.41) is 0. The van der Waals surface area contributed by atoms with Gasteiger partial charge in [0.2, 0.25) is 0 Å². The predicted octanol–water partition coefficient (Wildman–Crippen LogP) is 2.17. The molecule has 0 spiro atoms. The lowest BCUT2D eigenvalue weighted by Crippen LogP contribution is -2.25. The van der Waals surface area contributed by atoms with Crippen LogP contribution < -0.4 is 9.47 Å². The van der Waals surface area contributed by atoms with Gasteiger partial charge in [0.25, 0.3) is 0 Å². The predicted molar refractivity (Wildman–Crippen MR) is 52.3 cm³/mol. The summed E-state index contributed by atoms with van der Waals surface area (Å²) >= 11 is 0. The van der Waals surface area contributed by atoms with Crippen LogP contribution in [-0.4, -0.2) is 17.9 Å². The molecule has 0 radical (unpaired) electrons. The number of fused-ring (bicyclic) bond motifs is 1.